The summed E-state index contributed by atoms with van der Waals surface area (Å²) in [5.41, 5.74) is -0.492. The number of carbonyl (C=O) groups is 2. The van der Waals surface area contributed by atoms with Gasteiger partial charge >= 0.3 is 6.09 Å². The average Bonchev–Trinajstić information content (AvgIpc) is 2.28. The summed E-state index contributed by atoms with van der Waals surface area (Å²) in [6, 6.07) is 0.0803. The molecule has 1 heterocycles. The van der Waals surface area contributed by atoms with Crippen molar-refractivity contribution in [3.63, 3.8) is 0 Å². The van der Waals surface area contributed by atoms with E-state index in [2.05, 4.69) is 10.6 Å². The summed E-state index contributed by atoms with van der Waals surface area (Å²) < 4.78 is 5.17. The van der Waals surface area contributed by atoms with E-state index in [4.69, 9.17) is 4.74 Å². The highest BCUT2D eigenvalue weighted by Crippen LogP contribution is 2.06. The lowest BCUT2D eigenvalue weighted by Gasteiger charge is -2.33. The normalized spacial score (nSPS) is 20.3. The van der Waals surface area contributed by atoms with E-state index in [1.807, 2.05) is 32.6 Å². The van der Waals surface area contributed by atoms with Crippen molar-refractivity contribution in [2.24, 2.45) is 0 Å². The number of amides is 2. The van der Waals surface area contributed by atoms with E-state index in [0.717, 1.165) is 13.0 Å². The summed E-state index contributed by atoms with van der Waals surface area (Å²) >= 11 is 0. The molecular weight excluding hydrogens is 246 g/mol. The first kappa shape index (κ1) is 15.8. The number of piperazine rings is 1. The number of nitrogens with one attached hydrogen (secondary N) is 2. The molecule has 1 fully saturated rings. The highest BCUT2D eigenvalue weighted by atomic mass is 16.6. The molecule has 0 aromatic carbocycles. The molecule has 0 aromatic heterocycles. The maximum absolute atomic E-state index is 11.6. The molecule has 0 spiro atoms. The van der Waals surface area contributed by atoms with Crippen LogP contribution in [0.5, 0.6) is 0 Å². The fourth-order valence-electron chi connectivity index (χ4n) is 1.92. The Kier molecular flexibility index (Phi) is 5.60. The fourth-order valence-corrected chi connectivity index (χ4v) is 1.92. The molecule has 0 aliphatic carbocycles. The molecule has 6 heteroatoms. The van der Waals surface area contributed by atoms with Crippen LogP contribution in [0.3, 0.4) is 0 Å². The Morgan fingerprint density at radius 2 is 2.21 bits per heavy atom. The maximum Gasteiger partial charge on any atom is 0.407 e. The molecule has 19 heavy (non-hydrogen) atoms. The molecule has 1 aliphatic rings. The number of ether oxygens (including phenoxy) is 1. The van der Waals surface area contributed by atoms with E-state index in [9.17, 15) is 9.59 Å². The lowest BCUT2D eigenvalue weighted by Crippen LogP contribution is -2.57. The minimum atomic E-state index is -0.492. The smallest absolute Gasteiger partial charge is 0.407 e. The van der Waals surface area contributed by atoms with Gasteiger partial charge < -0.3 is 20.3 Å². The van der Waals surface area contributed by atoms with Crippen LogP contribution >= 0.6 is 0 Å². The Morgan fingerprint density at radius 1 is 1.53 bits per heavy atom. The molecule has 0 saturated carbocycles. The molecule has 110 valence electrons. The van der Waals surface area contributed by atoms with Gasteiger partial charge in [0.15, 0.2) is 0 Å². The molecule has 0 bridgehead atoms. The van der Waals surface area contributed by atoms with Gasteiger partial charge in [-0.1, -0.05) is 6.92 Å². The van der Waals surface area contributed by atoms with Gasteiger partial charge in [-0.25, -0.2) is 4.79 Å². The highest BCUT2D eigenvalue weighted by Gasteiger charge is 2.25. The maximum atomic E-state index is 11.6. The van der Waals surface area contributed by atoms with E-state index in [0.29, 0.717) is 19.6 Å². The third kappa shape index (κ3) is 5.92. The third-order valence-electron chi connectivity index (χ3n) is 2.72. The van der Waals surface area contributed by atoms with Crippen LogP contribution in [0.15, 0.2) is 0 Å². The Hall–Kier alpha value is -1.30. The predicted molar refractivity (Wildman–Crippen MR) is 72.9 cm³/mol. The molecular formula is C13H25N3O3. The van der Waals surface area contributed by atoms with Crippen LogP contribution in [0.1, 0.15) is 34.1 Å². The van der Waals surface area contributed by atoms with Crippen molar-refractivity contribution in [3.8, 4) is 0 Å². The molecule has 6 nitrogen and oxygen atoms in total. The highest BCUT2D eigenvalue weighted by molar-refractivity contribution is 5.79. The summed E-state index contributed by atoms with van der Waals surface area (Å²) in [5.74, 6) is 0.121. The van der Waals surface area contributed by atoms with Gasteiger partial charge in [0, 0.05) is 25.7 Å². The van der Waals surface area contributed by atoms with E-state index in [1.54, 1.807) is 0 Å². The van der Waals surface area contributed by atoms with Crippen LogP contribution in [-0.4, -0.2) is 54.7 Å². The first-order valence-corrected chi connectivity index (χ1v) is 6.80. The van der Waals surface area contributed by atoms with Crippen molar-refractivity contribution in [1.29, 1.82) is 0 Å². The van der Waals surface area contributed by atoms with E-state index < -0.39 is 11.7 Å². The molecule has 1 unspecified atom stereocenters. The van der Waals surface area contributed by atoms with Crippen LogP contribution in [0.4, 0.5) is 4.79 Å². The summed E-state index contributed by atoms with van der Waals surface area (Å²) in [5, 5.41) is 5.84. The van der Waals surface area contributed by atoms with Gasteiger partial charge in [-0.15, -0.1) is 0 Å². The third-order valence-corrected chi connectivity index (χ3v) is 2.72. The van der Waals surface area contributed by atoms with Gasteiger partial charge in [0.05, 0.1) is 6.54 Å². The van der Waals surface area contributed by atoms with Gasteiger partial charge in [-0.3, -0.25) is 4.79 Å². The lowest BCUT2D eigenvalue weighted by atomic mass is 10.2. The summed E-state index contributed by atoms with van der Waals surface area (Å²) in [4.78, 5) is 25.0. The van der Waals surface area contributed by atoms with Crippen LogP contribution in [0.25, 0.3) is 0 Å². The Bertz CT molecular complexity index is 326. The SMILES string of the molecule is CCCN1CC(CNC(=O)OC(C)(C)C)NCC1=O. The van der Waals surface area contributed by atoms with E-state index >= 15 is 0 Å². The molecule has 2 amide bonds. The number of alkyl carbamates (subject to hydrolysis) is 1. The molecule has 0 aromatic rings. The van der Waals surface area contributed by atoms with E-state index in [1.165, 1.54) is 0 Å². The van der Waals surface area contributed by atoms with Gasteiger partial charge in [0.25, 0.3) is 0 Å². The second-order valence-electron chi connectivity index (χ2n) is 5.80. The molecule has 1 aliphatic heterocycles. The Morgan fingerprint density at radius 3 is 2.79 bits per heavy atom. The number of hydrogen-bond donors (Lipinski definition) is 2. The number of carbonyl (C=O) groups excluding carboxylic acids is 2. The standard InChI is InChI=1S/C13H25N3O3/c1-5-6-16-9-10(14-8-11(16)17)7-15-12(18)19-13(2,3)4/h10,14H,5-9H2,1-4H3,(H,15,18). The lowest BCUT2D eigenvalue weighted by molar-refractivity contribution is -0.132. The molecule has 0 radical (unpaired) electrons. The largest absolute Gasteiger partial charge is 0.444 e. The summed E-state index contributed by atoms with van der Waals surface area (Å²) in [7, 11) is 0. The second-order valence-corrected chi connectivity index (χ2v) is 5.80. The van der Waals surface area contributed by atoms with Crippen LogP contribution < -0.4 is 10.6 Å². The molecule has 1 rings (SSSR count). The Labute approximate surface area is 114 Å². The molecule has 1 atom stereocenters. The topological polar surface area (TPSA) is 70.7 Å². The quantitative estimate of drug-likeness (QED) is 0.790. The van der Waals surface area contributed by atoms with Crippen LogP contribution in [0, 0.1) is 0 Å². The summed E-state index contributed by atoms with van der Waals surface area (Å²) in [6.07, 6.45) is 0.519. The van der Waals surface area contributed by atoms with Crippen molar-refractivity contribution in [2.45, 2.75) is 45.8 Å². The van der Waals surface area contributed by atoms with E-state index in [-0.39, 0.29) is 11.9 Å². The Balaban J connectivity index is 2.33. The van der Waals surface area contributed by atoms with Crippen molar-refractivity contribution >= 4 is 12.0 Å². The zero-order valence-electron chi connectivity index (χ0n) is 12.3. The van der Waals surface area contributed by atoms with Crippen molar-refractivity contribution in [3.05, 3.63) is 0 Å². The monoisotopic (exact) mass is 271 g/mol. The van der Waals surface area contributed by atoms with Gasteiger partial charge in [0.1, 0.15) is 5.60 Å². The van der Waals surface area contributed by atoms with Crippen molar-refractivity contribution < 1.29 is 14.3 Å². The van der Waals surface area contributed by atoms with Gasteiger partial charge in [0.2, 0.25) is 5.91 Å². The zero-order valence-corrected chi connectivity index (χ0v) is 12.3. The molecule has 2 N–H and O–H groups in total. The number of rotatable bonds is 4. The number of hydrogen-bond acceptors (Lipinski definition) is 4. The van der Waals surface area contributed by atoms with Gasteiger partial charge in [-0.05, 0) is 27.2 Å². The predicted octanol–water partition coefficient (Wildman–Crippen LogP) is 0.722. The fraction of sp³-hybridized carbons (Fsp3) is 0.846. The first-order valence-electron chi connectivity index (χ1n) is 6.80. The zero-order chi connectivity index (χ0) is 14.5. The average molecular weight is 271 g/mol. The van der Waals surface area contributed by atoms with Crippen LogP contribution in [-0.2, 0) is 9.53 Å². The minimum absolute atomic E-state index is 0.0803. The first-order chi connectivity index (χ1) is 8.81. The van der Waals surface area contributed by atoms with Crippen LogP contribution in [0.2, 0.25) is 0 Å². The second kappa shape index (κ2) is 6.75. The molecule has 1 saturated heterocycles. The summed E-state index contributed by atoms with van der Waals surface area (Å²) in [6.45, 7) is 9.71. The minimum Gasteiger partial charge on any atom is -0.444 e. The van der Waals surface area contributed by atoms with Crippen molar-refractivity contribution in [1.82, 2.24) is 15.5 Å². The van der Waals surface area contributed by atoms with Crippen molar-refractivity contribution in [2.75, 3.05) is 26.2 Å². The number of nitrogens with zero attached hydrogens (tertiary/aromatic N) is 1. The van der Waals surface area contributed by atoms with Gasteiger partial charge in [-0.2, -0.15) is 0 Å².